The molecule has 1 aliphatic carbocycles. The third-order valence-electron chi connectivity index (χ3n) is 5.77. The van der Waals surface area contributed by atoms with Crippen molar-refractivity contribution in [2.45, 2.75) is 54.7 Å². The average Bonchev–Trinajstić information content (AvgIpc) is 2.68. The first-order valence-corrected chi connectivity index (χ1v) is 10.8. The van der Waals surface area contributed by atoms with Crippen LogP contribution in [-0.2, 0) is 14.6 Å². The van der Waals surface area contributed by atoms with Gasteiger partial charge in [0.05, 0.1) is 4.90 Å². The maximum atomic E-state index is 13.5. The zero-order valence-electron chi connectivity index (χ0n) is 14.9. The SMILES string of the molecule is CN(C(=O)C1CCCCC1)[C@@]1(S(=O)(=O)c2ccccc2)CCCNC1. The molecule has 1 amide bonds. The van der Waals surface area contributed by atoms with Crippen LogP contribution < -0.4 is 5.32 Å². The van der Waals surface area contributed by atoms with Crippen LogP contribution in [-0.4, -0.2) is 44.2 Å². The van der Waals surface area contributed by atoms with E-state index in [2.05, 4.69) is 5.32 Å². The molecule has 1 heterocycles. The normalized spacial score (nSPS) is 25.5. The van der Waals surface area contributed by atoms with E-state index in [4.69, 9.17) is 0 Å². The van der Waals surface area contributed by atoms with Crippen LogP contribution in [0, 0.1) is 5.92 Å². The Bertz CT molecular complexity index is 691. The smallest absolute Gasteiger partial charge is 0.226 e. The molecule has 6 heteroatoms. The summed E-state index contributed by atoms with van der Waals surface area (Å²) < 4.78 is 27.0. The van der Waals surface area contributed by atoms with E-state index in [0.29, 0.717) is 17.9 Å². The van der Waals surface area contributed by atoms with Crippen molar-refractivity contribution >= 4 is 15.7 Å². The topological polar surface area (TPSA) is 66.5 Å². The Morgan fingerprint density at radius 1 is 1.12 bits per heavy atom. The van der Waals surface area contributed by atoms with Gasteiger partial charge in [-0.1, -0.05) is 37.5 Å². The molecule has 1 aromatic rings. The second kappa shape index (κ2) is 7.46. The molecule has 25 heavy (non-hydrogen) atoms. The van der Waals surface area contributed by atoms with E-state index < -0.39 is 14.7 Å². The van der Waals surface area contributed by atoms with Gasteiger partial charge in [0.2, 0.25) is 15.7 Å². The zero-order chi connectivity index (χ0) is 17.9. The second-order valence-corrected chi connectivity index (χ2v) is 9.51. The molecule has 1 N–H and O–H groups in total. The molecule has 1 saturated heterocycles. The van der Waals surface area contributed by atoms with Crippen molar-refractivity contribution in [2.24, 2.45) is 5.92 Å². The van der Waals surface area contributed by atoms with E-state index in [0.717, 1.165) is 38.6 Å². The van der Waals surface area contributed by atoms with Crippen LogP contribution >= 0.6 is 0 Å². The third-order valence-corrected chi connectivity index (χ3v) is 8.29. The van der Waals surface area contributed by atoms with E-state index in [1.165, 1.54) is 6.42 Å². The molecular formula is C19H28N2O3S. The number of nitrogens with one attached hydrogen (secondary N) is 1. The first-order valence-electron chi connectivity index (χ1n) is 9.27. The highest BCUT2D eigenvalue weighted by Gasteiger charge is 2.51. The van der Waals surface area contributed by atoms with Crippen molar-refractivity contribution in [3.8, 4) is 0 Å². The van der Waals surface area contributed by atoms with Gasteiger partial charge in [0.1, 0.15) is 0 Å². The van der Waals surface area contributed by atoms with Crippen molar-refractivity contribution in [2.75, 3.05) is 20.1 Å². The summed E-state index contributed by atoms with van der Waals surface area (Å²) in [6.45, 7) is 1.08. The minimum atomic E-state index is -3.66. The Kier molecular flexibility index (Phi) is 5.49. The van der Waals surface area contributed by atoms with Crippen LogP contribution in [0.25, 0.3) is 0 Å². The highest BCUT2D eigenvalue weighted by Crippen LogP contribution is 2.36. The lowest BCUT2D eigenvalue weighted by Crippen LogP contribution is -2.63. The number of benzene rings is 1. The molecule has 3 rings (SSSR count). The van der Waals surface area contributed by atoms with Gasteiger partial charge in [-0.25, -0.2) is 8.42 Å². The van der Waals surface area contributed by atoms with Crippen LogP contribution in [0.1, 0.15) is 44.9 Å². The summed E-state index contributed by atoms with van der Waals surface area (Å²) >= 11 is 0. The first kappa shape index (κ1) is 18.4. The molecule has 1 atom stereocenters. The summed E-state index contributed by atoms with van der Waals surface area (Å²) in [7, 11) is -1.98. The van der Waals surface area contributed by atoms with Gasteiger partial charge >= 0.3 is 0 Å². The maximum absolute atomic E-state index is 13.5. The number of nitrogens with zero attached hydrogens (tertiary/aromatic N) is 1. The van der Waals surface area contributed by atoms with Gasteiger partial charge in [0.25, 0.3) is 0 Å². The highest BCUT2D eigenvalue weighted by molar-refractivity contribution is 7.92. The van der Waals surface area contributed by atoms with E-state index >= 15 is 0 Å². The first-order chi connectivity index (χ1) is 12.0. The molecule has 0 spiro atoms. The van der Waals surface area contributed by atoms with E-state index in [1.54, 1.807) is 36.2 Å². The predicted molar refractivity (Wildman–Crippen MR) is 97.8 cm³/mol. The maximum Gasteiger partial charge on any atom is 0.226 e. The van der Waals surface area contributed by atoms with Crippen molar-refractivity contribution < 1.29 is 13.2 Å². The van der Waals surface area contributed by atoms with Crippen molar-refractivity contribution in [3.05, 3.63) is 30.3 Å². The molecule has 2 aliphatic rings. The quantitative estimate of drug-likeness (QED) is 0.892. The highest BCUT2D eigenvalue weighted by atomic mass is 32.2. The number of hydrogen-bond donors (Lipinski definition) is 1. The number of carbonyl (C=O) groups excluding carboxylic acids is 1. The van der Waals surface area contributed by atoms with Crippen LogP contribution in [0.4, 0.5) is 0 Å². The summed E-state index contributed by atoms with van der Waals surface area (Å²) in [6.07, 6.45) is 6.25. The molecule has 1 aliphatic heterocycles. The molecule has 0 unspecified atom stereocenters. The Morgan fingerprint density at radius 2 is 1.80 bits per heavy atom. The van der Waals surface area contributed by atoms with Crippen molar-refractivity contribution in [1.82, 2.24) is 10.2 Å². The average molecular weight is 365 g/mol. The van der Waals surface area contributed by atoms with Gasteiger partial charge in [0, 0.05) is 19.5 Å². The van der Waals surface area contributed by atoms with Gasteiger partial charge < -0.3 is 10.2 Å². The van der Waals surface area contributed by atoms with Gasteiger partial charge in [-0.3, -0.25) is 4.79 Å². The Hall–Kier alpha value is -1.40. The van der Waals surface area contributed by atoms with Gasteiger partial charge in [0.15, 0.2) is 4.87 Å². The van der Waals surface area contributed by atoms with Gasteiger partial charge in [-0.15, -0.1) is 0 Å². The lowest BCUT2D eigenvalue weighted by molar-refractivity contribution is -0.139. The molecular weight excluding hydrogens is 336 g/mol. The summed E-state index contributed by atoms with van der Waals surface area (Å²) in [6, 6.07) is 8.54. The van der Waals surface area contributed by atoms with Crippen LogP contribution in [0.2, 0.25) is 0 Å². The molecule has 1 saturated carbocycles. The fourth-order valence-electron chi connectivity index (χ4n) is 4.20. The number of rotatable bonds is 4. The van der Waals surface area contributed by atoms with Crippen LogP contribution in [0.5, 0.6) is 0 Å². The fraction of sp³-hybridized carbons (Fsp3) is 0.632. The number of piperidine rings is 1. The van der Waals surface area contributed by atoms with Gasteiger partial charge in [-0.2, -0.15) is 0 Å². The molecule has 0 radical (unpaired) electrons. The molecule has 0 aromatic heterocycles. The largest absolute Gasteiger partial charge is 0.325 e. The number of sulfone groups is 1. The molecule has 2 fully saturated rings. The number of likely N-dealkylation sites (N-methyl/N-ethyl adjacent to an activating group) is 1. The lowest BCUT2D eigenvalue weighted by atomic mass is 9.87. The summed E-state index contributed by atoms with van der Waals surface area (Å²) in [5.74, 6) is -0.0496. The monoisotopic (exact) mass is 364 g/mol. The minimum absolute atomic E-state index is 0.0112. The van der Waals surface area contributed by atoms with Crippen molar-refractivity contribution in [3.63, 3.8) is 0 Å². The number of carbonyl (C=O) groups is 1. The zero-order valence-corrected chi connectivity index (χ0v) is 15.7. The predicted octanol–water partition coefficient (Wildman–Crippen LogP) is 2.58. The molecule has 0 bridgehead atoms. The molecule has 1 aromatic carbocycles. The summed E-state index contributed by atoms with van der Waals surface area (Å²) in [4.78, 5) is 13.8. The third kappa shape index (κ3) is 3.34. The summed E-state index contributed by atoms with van der Waals surface area (Å²) in [5.41, 5.74) is 0. The standard InChI is InChI=1S/C19H28N2O3S/c1-21(18(22)16-9-4-2-5-10-16)19(13-8-14-20-15-19)25(23,24)17-11-6-3-7-12-17/h3,6-7,11-12,16,20H,2,4-5,8-10,13-15H2,1H3/t19-/m1/s1. The van der Waals surface area contributed by atoms with E-state index in [9.17, 15) is 13.2 Å². The van der Waals surface area contributed by atoms with Crippen molar-refractivity contribution in [1.29, 1.82) is 0 Å². The minimum Gasteiger partial charge on any atom is -0.325 e. The lowest BCUT2D eigenvalue weighted by Gasteiger charge is -2.45. The van der Waals surface area contributed by atoms with Crippen LogP contribution in [0.15, 0.2) is 35.2 Å². The fourth-order valence-corrected chi connectivity index (χ4v) is 6.31. The van der Waals surface area contributed by atoms with Gasteiger partial charge in [-0.05, 0) is 44.4 Å². The Balaban J connectivity index is 1.97. The van der Waals surface area contributed by atoms with E-state index in [-0.39, 0.29) is 11.8 Å². The molecule has 5 nitrogen and oxygen atoms in total. The van der Waals surface area contributed by atoms with E-state index in [1.807, 2.05) is 6.07 Å². The summed E-state index contributed by atoms with van der Waals surface area (Å²) in [5, 5.41) is 3.22. The molecule has 138 valence electrons. The number of amides is 1. The Morgan fingerprint density at radius 3 is 2.40 bits per heavy atom. The Labute approximate surface area is 150 Å². The number of hydrogen-bond acceptors (Lipinski definition) is 4. The second-order valence-electron chi connectivity index (χ2n) is 7.28. The van der Waals surface area contributed by atoms with Crippen LogP contribution in [0.3, 0.4) is 0 Å².